The first-order valence-electron chi connectivity index (χ1n) is 10.2. The Labute approximate surface area is 183 Å². The van der Waals surface area contributed by atoms with Gasteiger partial charge in [-0.2, -0.15) is 13.2 Å². The van der Waals surface area contributed by atoms with Gasteiger partial charge in [0, 0.05) is 41.3 Å². The average molecular weight is 447 g/mol. The van der Waals surface area contributed by atoms with Gasteiger partial charge in [0.05, 0.1) is 0 Å². The number of carbonyl (C=O) groups is 1. The molecule has 0 amide bonds. The first-order chi connectivity index (χ1) is 15.0. The van der Waals surface area contributed by atoms with E-state index in [1.54, 1.807) is 12.1 Å². The highest BCUT2D eigenvalue weighted by Gasteiger charge is 2.41. The second-order valence-corrected chi connectivity index (χ2v) is 8.02. The Balaban J connectivity index is 1.67. The van der Waals surface area contributed by atoms with Crippen LogP contribution in [-0.2, 0) is 16.1 Å². The molecule has 0 aromatic heterocycles. The summed E-state index contributed by atoms with van der Waals surface area (Å²) >= 11 is 0. The van der Waals surface area contributed by atoms with Crippen LogP contribution < -0.4 is 21.7 Å². The maximum atomic E-state index is 12.5. The van der Waals surface area contributed by atoms with E-state index in [4.69, 9.17) is 11.5 Å². The fourth-order valence-corrected chi connectivity index (χ4v) is 4.07. The number of nitrogens with zero attached hydrogens (tertiary/aromatic N) is 2. The van der Waals surface area contributed by atoms with E-state index in [9.17, 15) is 18.0 Å². The van der Waals surface area contributed by atoms with Gasteiger partial charge >= 0.3 is 12.1 Å². The summed E-state index contributed by atoms with van der Waals surface area (Å²) in [6.07, 6.45) is -3.04. The minimum absolute atomic E-state index is 0.450. The van der Waals surface area contributed by atoms with Crippen LogP contribution in [-0.4, -0.2) is 36.9 Å². The minimum atomic E-state index is -5.02. The Kier molecular flexibility index (Phi) is 5.59. The van der Waals surface area contributed by atoms with Crippen molar-refractivity contribution < 1.29 is 22.7 Å². The average Bonchev–Trinajstić information content (AvgIpc) is 3.24. The molecular formula is C22H24F3N5O2. The summed E-state index contributed by atoms with van der Waals surface area (Å²) in [6, 6.07) is 11.2. The van der Waals surface area contributed by atoms with Crippen molar-refractivity contribution in [3.05, 3.63) is 47.5 Å². The van der Waals surface area contributed by atoms with E-state index in [0.29, 0.717) is 5.56 Å². The minimum Gasteiger partial charge on any atom is -0.454 e. The molecule has 1 saturated heterocycles. The number of halogens is 3. The van der Waals surface area contributed by atoms with Crippen molar-refractivity contribution in [3.8, 4) is 11.1 Å². The third kappa shape index (κ3) is 4.56. The first-order valence-corrected chi connectivity index (χ1v) is 10.2. The zero-order valence-electron chi connectivity index (χ0n) is 17.5. The van der Waals surface area contributed by atoms with Crippen LogP contribution in [0.4, 0.5) is 24.5 Å². The smallest absolute Gasteiger partial charge is 0.454 e. The van der Waals surface area contributed by atoms with Gasteiger partial charge in [-0.05, 0) is 43.0 Å². The van der Waals surface area contributed by atoms with E-state index < -0.39 is 24.7 Å². The molecule has 0 unspecified atom stereocenters. The number of aliphatic imine (C=N–C) groups is 1. The highest BCUT2D eigenvalue weighted by atomic mass is 19.4. The molecule has 32 heavy (non-hydrogen) atoms. The molecule has 4 rings (SSSR count). The molecule has 0 atom stereocenters. The number of hydrogen-bond donors (Lipinski definition) is 3. The molecule has 2 aliphatic heterocycles. The number of hydrogen-bond acceptors (Lipinski definition) is 7. The third-order valence-corrected chi connectivity index (χ3v) is 5.55. The lowest BCUT2D eigenvalue weighted by atomic mass is 9.97. The summed E-state index contributed by atoms with van der Waals surface area (Å²) in [6.45, 7) is 2.95. The summed E-state index contributed by atoms with van der Waals surface area (Å²) < 4.78 is 42.1. The van der Waals surface area contributed by atoms with Gasteiger partial charge in [0.25, 0.3) is 0 Å². The highest BCUT2D eigenvalue weighted by Crippen LogP contribution is 2.34. The number of nitrogens with two attached hydrogens (primary N) is 2. The van der Waals surface area contributed by atoms with E-state index >= 15 is 0 Å². The number of anilines is 2. The SMILES string of the molecule is CC1=NC(N)(N)Nc2cc(-c3ccc(COC(=O)C(F)(F)F)c(N4CCCC4)c3)ccc21. The lowest BCUT2D eigenvalue weighted by Gasteiger charge is -2.30. The van der Waals surface area contributed by atoms with Gasteiger partial charge in [-0.15, -0.1) is 0 Å². The fraction of sp³-hybridized carbons (Fsp3) is 0.364. The van der Waals surface area contributed by atoms with E-state index in [-0.39, 0.29) is 0 Å². The molecule has 10 heteroatoms. The highest BCUT2D eigenvalue weighted by molar-refractivity contribution is 6.05. The zero-order valence-corrected chi connectivity index (χ0v) is 17.5. The monoisotopic (exact) mass is 447 g/mol. The maximum Gasteiger partial charge on any atom is 0.490 e. The molecule has 7 nitrogen and oxygen atoms in total. The molecule has 0 saturated carbocycles. The maximum absolute atomic E-state index is 12.5. The molecule has 1 fully saturated rings. The largest absolute Gasteiger partial charge is 0.490 e. The summed E-state index contributed by atoms with van der Waals surface area (Å²) in [5, 5.41) is 3.00. The van der Waals surface area contributed by atoms with Crippen LogP contribution in [0.1, 0.15) is 30.9 Å². The second kappa shape index (κ2) is 8.10. The van der Waals surface area contributed by atoms with E-state index in [1.807, 2.05) is 31.2 Å². The molecule has 2 aromatic rings. The van der Waals surface area contributed by atoms with E-state index in [0.717, 1.165) is 59.7 Å². The molecule has 2 aliphatic rings. The Morgan fingerprint density at radius 1 is 1.16 bits per heavy atom. The molecule has 0 spiro atoms. The number of benzene rings is 2. The Morgan fingerprint density at radius 2 is 1.81 bits per heavy atom. The Bertz CT molecular complexity index is 1080. The molecular weight excluding hydrogens is 423 g/mol. The van der Waals surface area contributed by atoms with Crippen LogP contribution in [0, 0.1) is 0 Å². The lowest BCUT2D eigenvalue weighted by molar-refractivity contribution is -0.201. The van der Waals surface area contributed by atoms with Crippen molar-refractivity contribution in [2.45, 2.75) is 38.5 Å². The van der Waals surface area contributed by atoms with E-state index in [2.05, 4.69) is 19.9 Å². The third-order valence-electron chi connectivity index (χ3n) is 5.55. The number of carbonyl (C=O) groups excluding carboxylic acids is 1. The summed E-state index contributed by atoms with van der Waals surface area (Å²) in [7, 11) is 0. The van der Waals surface area contributed by atoms with Gasteiger partial charge in [-0.3, -0.25) is 11.5 Å². The van der Waals surface area contributed by atoms with Crippen molar-refractivity contribution in [1.29, 1.82) is 0 Å². The first kappa shape index (κ1) is 22.1. The standard InChI is InChI=1S/C22H24F3N5O2/c1-13-17-7-6-14(10-18(17)29-22(26,27)28-13)15-4-5-16(12-32-20(31)21(23,24)25)19(11-15)30-8-2-3-9-30/h4-7,10-11,29H,2-3,8-9,12,26-27H2,1H3. The van der Waals surface area contributed by atoms with Crippen molar-refractivity contribution in [1.82, 2.24) is 0 Å². The topological polar surface area (TPSA) is 106 Å². The fourth-order valence-electron chi connectivity index (χ4n) is 4.07. The molecule has 0 aliphatic carbocycles. The summed E-state index contributed by atoms with van der Waals surface area (Å²) in [5.74, 6) is -3.60. The quantitative estimate of drug-likeness (QED) is 0.491. The molecule has 5 N–H and O–H groups in total. The van der Waals surface area contributed by atoms with Crippen LogP contribution in [0.5, 0.6) is 0 Å². The summed E-state index contributed by atoms with van der Waals surface area (Å²) in [5.41, 5.74) is 17.2. The predicted octanol–water partition coefficient (Wildman–Crippen LogP) is 3.32. The van der Waals surface area contributed by atoms with Gasteiger partial charge in [0.2, 0.25) is 5.91 Å². The number of alkyl halides is 3. The van der Waals surface area contributed by atoms with Crippen LogP contribution in [0.25, 0.3) is 11.1 Å². The van der Waals surface area contributed by atoms with Crippen molar-refractivity contribution >= 4 is 23.1 Å². The lowest BCUT2D eigenvalue weighted by Crippen LogP contribution is -2.56. The number of esters is 1. The van der Waals surface area contributed by atoms with E-state index in [1.165, 1.54) is 0 Å². The predicted molar refractivity (Wildman–Crippen MR) is 116 cm³/mol. The molecule has 0 radical (unpaired) electrons. The Hall–Kier alpha value is -3.11. The van der Waals surface area contributed by atoms with Gasteiger partial charge in [-0.1, -0.05) is 24.3 Å². The number of fused-ring (bicyclic) bond motifs is 1. The second-order valence-electron chi connectivity index (χ2n) is 8.02. The van der Waals surface area contributed by atoms with Crippen LogP contribution in [0.15, 0.2) is 41.4 Å². The molecule has 2 aromatic carbocycles. The van der Waals surface area contributed by atoms with Gasteiger partial charge in [-0.25, -0.2) is 9.79 Å². The van der Waals surface area contributed by atoms with Gasteiger partial charge < -0.3 is 15.0 Å². The molecule has 2 heterocycles. The number of rotatable bonds is 4. The van der Waals surface area contributed by atoms with Crippen LogP contribution in [0.3, 0.4) is 0 Å². The van der Waals surface area contributed by atoms with Crippen molar-refractivity contribution in [2.75, 3.05) is 23.3 Å². The Morgan fingerprint density at radius 3 is 2.50 bits per heavy atom. The van der Waals surface area contributed by atoms with Crippen LogP contribution >= 0.6 is 0 Å². The van der Waals surface area contributed by atoms with Crippen LogP contribution in [0.2, 0.25) is 0 Å². The normalized spacial score (nSPS) is 17.4. The number of nitrogens with one attached hydrogen (secondary N) is 1. The molecule has 170 valence electrons. The molecule has 0 bridgehead atoms. The summed E-state index contributed by atoms with van der Waals surface area (Å²) in [4.78, 5) is 17.5. The number of ether oxygens (including phenoxy) is 1. The zero-order chi connectivity index (χ0) is 23.1. The van der Waals surface area contributed by atoms with Crippen molar-refractivity contribution in [2.24, 2.45) is 16.5 Å². The van der Waals surface area contributed by atoms with Gasteiger partial charge in [0.15, 0.2) is 0 Å². The van der Waals surface area contributed by atoms with Crippen molar-refractivity contribution in [3.63, 3.8) is 0 Å². The van der Waals surface area contributed by atoms with Gasteiger partial charge in [0.1, 0.15) is 6.61 Å².